The van der Waals surface area contributed by atoms with E-state index >= 15 is 0 Å². The first kappa shape index (κ1) is 15.7. The molecule has 0 spiro atoms. The van der Waals surface area contributed by atoms with Crippen LogP contribution in [0.25, 0.3) is 11.0 Å². The molecule has 4 nitrogen and oxygen atoms in total. The lowest BCUT2D eigenvalue weighted by Crippen LogP contribution is -2.30. The molecule has 0 bridgehead atoms. The Morgan fingerprint density at radius 1 is 1.43 bits per heavy atom. The number of amides is 1. The smallest absolute Gasteiger partial charge is 0.221 e. The first-order chi connectivity index (χ1) is 9.92. The van der Waals surface area contributed by atoms with Gasteiger partial charge in [0.1, 0.15) is 17.2 Å². The minimum absolute atomic E-state index is 0.0411. The number of carbonyl (C=O) groups is 1. The molecule has 0 aliphatic heterocycles. The molecule has 0 aliphatic carbocycles. The van der Waals surface area contributed by atoms with Gasteiger partial charge in [-0.1, -0.05) is 0 Å². The van der Waals surface area contributed by atoms with Gasteiger partial charge >= 0.3 is 0 Å². The van der Waals surface area contributed by atoms with Crippen LogP contribution in [0, 0.1) is 11.6 Å². The maximum Gasteiger partial charge on any atom is 0.221 e. The fourth-order valence-corrected chi connectivity index (χ4v) is 2.36. The van der Waals surface area contributed by atoms with Crippen molar-refractivity contribution in [1.82, 2.24) is 14.9 Å². The maximum atomic E-state index is 13.7. The Labute approximate surface area is 126 Å². The van der Waals surface area contributed by atoms with Crippen LogP contribution in [0.5, 0.6) is 0 Å². The monoisotopic (exact) mass is 315 g/mol. The van der Waals surface area contributed by atoms with Crippen LogP contribution in [-0.4, -0.2) is 21.5 Å². The van der Waals surface area contributed by atoms with Gasteiger partial charge in [0.25, 0.3) is 0 Å². The van der Waals surface area contributed by atoms with E-state index in [0.717, 1.165) is 6.07 Å². The van der Waals surface area contributed by atoms with Gasteiger partial charge in [-0.3, -0.25) is 4.79 Å². The van der Waals surface area contributed by atoms with Crippen LogP contribution in [0.1, 0.15) is 26.1 Å². The Hall–Kier alpha value is -1.69. The SMILES string of the molecule is CC(C)NC(=O)CCn1c(CCl)nc2c(F)cc(F)cc21. The molecule has 0 saturated carbocycles. The Morgan fingerprint density at radius 2 is 2.14 bits per heavy atom. The molecule has 0 radical (unpaired) electrons. The minimum atomic E-state index is -0.734. The van der Waals surface area contributed by atoms with Crippen molar-refractivity contribution in [2.24, 2.45) is 0 Å². The highest BCUT2D eigenvalue weighted by atomic mass is 35.5. The zero-order valence-corrected chi connectivity index (χ0v) is 12.5. The molecular formula is C14H16ClF2N3O. The number of carbonyl (C=O) groups excluding carboxylic acids is 1. The number of aromatic nitrogens is 2. The van der Waals surface area contributed by atoms with E-state index in [9.17, 15) is 13.6 Å². The van der Waals surface area contributed by atoms with Gasteiger partial charge in [0, 0.05) is 25.1 Å². The number of nitrogens with zero attached hydrogens (tertiary/aromatic N) is 2. The summed E-state index contributed by atoms with van der Waals surface area (Å²) in [5, 5.41) is 2.76. The van der Waals surface area contributed by atoms with E-state index in [4.69, 9.17) is 11.6 Å². The number of hydrogen-bond donors (Lipinski definition) is 1. The van der Waals surface area contributed by atoms with Gasteiger partial charge in [-0.15, -0.1) is 11.6 Å². The Morgan fingerprint density at radius 3 is 2.76 bits per heavy atom. The topological polar surface area (TPSA) is 46.9 Å². The molecule has 2 aromatic rings. The predicted molar refractivity (Wildman–Crippen MR) is 77.1 cm³/mol. The summed E-state index contributed by atoms with van der Waals surface area (Å²) in [6.07, 6.45) is 0.186. The van der Waals surface area contributed by atoms with Gasteiger partial charge in [0.15, 0.2) is 5.82 Å². The molecule has 0 unspecified atom stereocenters. The maximum absolute atomic E-state index is 13.7. The number of hydrogen-bond acceptors (Lipinski definition) is 2. The predicted octanol–water partition coefficient (Wildman–Crippen LogP) is 2.97. The largest absolute Gasteiger partial charge is 0.354 e. The molecular weight excluding hydrogens is 300 g/mol. The lowest BCUT2D eigenvalue weighted by atomic mass is 10.3. The fourth-order valence-electron chi connectivity index (χ4n) is 2.16. The number of nitrogens with one attached hydrogen (secondary N) is 1. The van der Waals surface area contributed by atoms with Crippen molar-refractivity contribution in [2.45, 2.75) is 38.7 Å². The lowest BCUT2D eigenvalue weighted by molar-refractivity contribution is -0.121. The van der Waals surface area contributed by atoms with Crippen LogP contribution >= 0.6 is 11.6 Å². The van der Waals surface area contributed by atoms with E-state index < -0.39 is 11.6 Å². The van der Waals surface area contributed by atoms with Gasteiger partial charge in [-0.05, 0) is 19.9 Å². The summed E-state index contributed by atoms with van der Waals surface area (Å²) < 4.78 is 28.7. The van der Waals surface area contributed by atoms with Gasteiger partial charge in [-0.25, -0.2) is 13.8 Å². The molecule has 0 aliphatic rings. The van der Waals surface area contributed by atoms with Gasteiger partial charge in [0.2, 0.25) is 5.91 Å². The molecule has 2 rings (SSSR count). The van der Waals surface area contributed by atoms with Crippen LogP contribution in [0.15, 0.2) is 12.1 Å². The zero-order valence-electron chi connectivity index (χ0n) is 11.8. The van der Waals surface area contributed by atoms with Crippen LogP contribution in [0.2, 0.25) is 0 Å². The third-order valence-electron chi connectivity index (χ3n) is 2.98. The van der Waals surface area contributed by atoms with Crippen LogP contribution in [0.3, 0.4) is 0 Å². The Kier molecular flexibility index (Phi) is 4.77. The molecule has 1 N–H and O–H groups in total. The molecule has 0 fully saturated rings. The first-order valence-corrected chi connectivity index (χ1v) is 7.15. The van der Waals surface area contributed by atoms with Gasteiger partial charge < -0.3 is 9.88 Å². The average Bonchev–Trinajstić information content (AvgIpc) is 2.73. The van der Waals surface area contributed by atoms with E-state index in [-0.39, 0.29) is 36.3 Å². The molecule has 0 saturated heterocycles. The van der Waals surface area contributed by atoms with Crippen molar-refractivity contribution in [2.75, 3.05) is 0 Å². The highest BCUT2D eigenvalue weighted by Crippen LogP contribution is 2.22. The molecule has 1 heterocycles. The third kappa shape index (κ3) is 3.50. The van der Waals surface area contributed by atoms with Crippen molar-refractivity contribution in [3.05, 3.63) is 29.6 Å². The summed E-state index contributed by atoms with van der Waals surface area (Å²) in [5.74, 6) is -1.09. The number of fused-ring (bicyclic) bond motifs is 1. The lowest BCUT2D eigenvalue weighted by Gasteiger charge is -2.10. The normalized spacial score (nSPS) is 11.3. The standard InChI is InChI=1S/C14H16ClF2N3O/c1-8(2)18-13(21)3-4-20-11-6-9(16)5-10(17)14(11)19-12(20)7-15/h5-6,8H,3-4,7H2,1-2H3,(H,18,21). The molecule has 7 heteroatoms. The number of rotatable bonds is 5. The summed E-state index contributed by atoms with van der Waals surface area (Å²) in [5.41, 5.74) is 0.372. The molecule has 21 heavy (non-hydrogen) atoms. The molecule has 1 aromatic carbocycles. The second-order valence-electron chi connectivity index (χ2n) is 5.04. The summed E-state index contributed by atoms with van der Waals surface area (Å²) in [4.78, 5) is 15.8. The molecule has 1 amide bonds. The van der Waals surface area contributed by atoms with E-state index in [2.05, 4.69) is 10.3 Å². The van der Waals surface area contributed by atoms with Gasteiger partial charge in [-0.2, -0.15) is 0 Å². The zero-order chi connectivity index (χ0) is 15.6. The van der Waals surface area contributed by atoms with Crippen molar-refractivity contribution >= 4 is 28.5 Å². The molecule has 1 aromatic heterocycles. The first-order valence-electron chi connectivity index (χ1n) is 6.62. The summed E-state index contributed by atoms with van der Waals surface area (Å²) in [7, 11) is 0. The highest BCUT2D eigenvalue weighted by Gasteiger charge is 2.16. The van der Waals surface area contributed by atoms with Crippen LogP contribution < -0.4 is 5.32 Å². The minimum Gasteiger partial charge on any atom is -0.354 e. The number of halogens is 3. The van der Waals surface area contributed by atoms with Crippen molar-refractivity contribution in [1.29, 1.82) is 0 Å². The number of alkyl halides is 1. The second kappa shape index (κ2) is 6.39. The van der Waals surface area contributed by atoms with Crippen LogP contribution in [-0.2, 0) is 17.2 Å². The Bertz CT molecular complexity index is 670. The molecule has 0 atom stereocenters. The summed E-state index contributed by atoms with van der Waals surface area (Å²) >= 11 is 5.80. The van der Waals surface area contributed by atoms with Crippen molar-refractivity contribution in [3.8, 4) is 0 Å². The summed E-state index contributed by atoms with van der Waals surface area (Å²) in [6.45, 7) is 3.99. The Balaban J connectivity index is 2.31. The highest BCUT2D eigenvalue weighted by molar-refractivity contribution is 6.16. The number of aryl methyl sites for hydroxylation is 1. The van der Waals surface area contributed by atoms with E-state index in [0.29, 0.717) is 11.3 Å². The molecule has 114 valence electrons. The van der Waals surface area contributed by atoms with Gasteiger partial charge in [0.05, 0.1) is 11.4 Å². The number of benzene rings is 1. The van der Waals surface area contributed by atoms with E-state index in [1.54, 1.807) is 4.57 Å². The quantitative estimate of drug-likeness (QED) is 0.862. The van der Waals surface area contributed by atoms with Crippen LogP contribution in [0.4, 0.5) is 8.78 Å². The average molecular weight is 316 g/mol. The summed E-state index contributed by atoms with van der Waals surface area (Å²) in [6, 6.07) is 2.02. The van der Waals surface area contributed by atoms with Crippen molar-refractivity contribution in [3.63, 3.8) is 0 Å². The fraction of sp³-hybridized carbons (Fsp3) is 0.429. The second-order valence-corrected chi connectivity index (χ2v) is 5.31. The number of imidazole rings is 1. The van der Waals surface area contributed by atoms with E-state index in [1.165, 1.54) is 6.07 Å². The third-order valence-corrected chi connectivity index (χ3v) is 3.22. The van der Waals surface area contributed by atoms with Crippen molar-refractivity contribution < 1.29 is 13.6 Å². The van der Waals surface area contributed by atoms with E-state index in [1.807, 2.05) is 13.8 Å².